The van der Waals surface area contributed by atoms with Gasteiger partial charge in [-0.05, 0) is 43.5 Å². The highest BCUT2D eigenvalue weighted by Crippen LogP contribution is 2.26. The van der Waals surface area contributed by atoms with Crippen LogP contribution >= 0.6 is 0 Å². The molecule has 0 radical (unpaired) electrons. The molecule has 0 bridgehead atoms. The smallest absolute Gasteiger partial charge is 0.248 e. The number of hydrogen-bond acceptors (Lipinski definition) is 3. The van der Waals surface area contributed by atoms with Crippen molar-refractivity contribution in [2.75, 3.05) is 19.3 Å². The maximum atomic E-state index is 11.1. The number of anilines is 1. The minimum absolute atomic E-state index is 0.433. The first-order chi connectivity index (χ1) is 9.06. The summed E-state index contributed by atoms with van der Waals surface area (Å²) in [5, 5.41) is 0. The van der Waals surface area contributed by atoms with Gasteiger partial charge in [-0.25, -0.2) is 0 Å². The van der Waals surface area contributed by atoms with Gasteiger partial charge < -0.3 is 16.4 Å². The topological polar surface area (TPSA) is 72.3 Å². The molecule has 1 aliphatic rings. The van der Waals surface area contributed by atoms with E-state index in [0.717, 1.165) is 24.6 Å². The molecule has 0 aromatic heterocycles. The molecule has 1 aliphatic carbocycles. The number of nitrogens with zero attached hydrogens (tertiary/aromatic N) is 1. The van der Waals surface area contributed by atoms with E-state index in [4.69, 9.17) is 11.5 Å². The standard InChI is InChI=1S/C15H23N3O/c1-18(9-11-4-2-3-5-11)10-13-7-6-12(15(17)19)8-14(13)16/h6-8,11H,2-5,9-10,16H2,1H3,(H2,17,19). The number of nitrogens with two attached hydrogens (primary N) is 2. The van der Waals surface area contributed by atoms with Gasteiger partial charge >= 0.3 is 0 Å². The summed E-state index contributed by atoms with van der Waals surface area (Å²) < 4.78 is 0. The summed E-state index contributed by atoms with van der Waals surface area (Å²) in [6.45, 7) is 1.94. The Morgan fingerprint density at radius 1 is 1.37 bits per heavy atom. The number of hydrogen-bond donors (Lipinski definition) is 2. The predicted molar refractivity (Wildman–Crippen MR) is 77.7 cm³/mol. The molecule has 4 heteroatoms. The van der Waals surface area contributed by atoms with Crippen molar-refractivity contribution in [3.8, 4) is 0 Å². The molecule has 1 saturated carbocycles. The van der Waals surface area contributed by atoms with Crippen LogP contribution in [-0.4, -0.2) is 24.4 Å². The number of benzene rings is 1. The third kappa shape index (κ3) is 3.70. The zero-order chi connectivity index (χ0) is 13.8. The summed E-state index contributed by atoms with van der Waals surface area (Å²) in [5.74, 6) is 0.397. The molecule has 19 heavy (non-hydrogen) atoms. The third-order valence-corrected chi connectivity index (χ3v) is 3.92. The van der Waals surface area contributed by atoms with Crippen molar-refractivity contribution in [3.05, 3.63) is 29.3 Å². The summed E-state index contributed by atoms with van der Waals surface area (Å²) in [6.07, 6.45) is 5.43. The molecule has 1 aromatic carbocycles. The normalized spacial score (nSPS) is 16.1. The van der Waals surface area contributed by atoms with Gasteiger partial charge in [0.05, 0.1) is 0 Å². The fourth-order valence-corrected chi connectivity index (χ4v) is 2.88. The molecule has 1 amide bonds. The summed E-state index contributed by atoms with van der Waals surface area (Å²) in [7, 11) is 2.12. The summed E-state index contributed by atoms with van der Waals surface area (Å²) in [6, 6.07) is 5.32. The monoisotopic (exact) mass is 261 g/mol. The lowest BCUT2D eigenvalue weighted by Crippen LogP contribution is -2.24. The van der Waals surface area contributed by atoms with Gasteiger partial charge in [0, 0.05) is 24.3 Å². The predicted octanol–water partition coefficient (Wildman–Crippen LogP) is 1.99. The highest BCUT2D eigenvalue weighted by molar-refractivity contribution is 5.93. The van der Waals surface area contributed by atoms with Crippen molar-refractivity contribution >= 4 is 11.6 Å². The molecular weight excluding hydrogens is 238 g/mol. The average Bonchev–Trinajstić information content (AvgIpc) is 2.84. The number of primary amides is 1. The highest BCUT2D eigenvalue weighted by atomic mass is 16.1. The Morgan fingerprint density at radius 3 is 2.63 bits per heavy atom. The van der Waals surface area contributed by atoms with Crippen molar-refractivity contribution < 1.29 is 4.79 Å². The summed E-state index contributed by atoms with van der Waals surface area (Å²) in [5.41, 5.74) is 13.4. The zero-order valence-corrected chi connectivity index (χ0v) is 11.6. The Bertz CT molecular complexity index is 453. The van der Waals surface area contributed by atoms with Crippen molar-refractivity contribution in [1.82, 2.24) is 4.90 Å². The van der Waals surface area contributed by atoms with E-state index in [1.54, 1.807) is 12.1 Å². The molecule has 104 valence electrons. The fraction of sp³-hybridized carbons (Fsp3) is 0.533. The number of rotatable bonds is 5. The average molecular weight is 261 g/mol. The molecule has 4 nitrogen and oxygen atoms in total. The van der Waals surface area contributed by atoms with Crippen LogP contribution in [-0.2, 0) is 6.54 Å². The van der Waals surface area contributed by atoms with Crippen molar-refractivity contribution in [2.24, 2.45) is 11.7 Å². The Labute approximate surface area is 114 Å². The first-order valence-corrected chi connectivity index (χ1v) is 6.93. The van der Waals surface area contributed by atoms with Gasteiger partial charge in [-0.2, -0.15) is 0 Å². The molecule has 0 spiro atoms. The molecule has 0 heterocycles. The Balaban J connectivity index is 1.96. The molecule has 0 aliphatic heterocycles. The highest BCUT2D eigenvalue weighted by Gasteiger charge is 2.17. The van der Waals surface area contributed by atoms with Gasteiger partial charge in [-0.15, -0.1) is 0 Å². The van der Waals surface area contributed by atoms with Gasteiger partial charge in [0.1, 0.15) is 0 Å². The van der Waals surface area contributed by atoms with Crippen LogP contribution in [0.1, 0.15) is 41.6 Å². The molecule has 1 aromatic rings. The van der Waals surface area contributed by atoms with E-state index in [1.165, 1.54) is 25.7 Å². The second kappa shape index (κ2) is 6.06. The molecule has 2 rings (SSSR count). The lowest BCUT2D eigenvalue weighted by Gasteiger charge is -2.21. The molecule has 0 saturated heterocycles. The molecule has 1 fully saturated rings. The van der Waals surface area contributed by atoms with Crippen LogP contribution in [0.2, 0.25) is 0 Å². The van der Waals surface area contributed by atoms with E-state index >= 15 is 0 Å². The number of carbonyl (C=O) groups excluding carboxylic acids is 1. The lowest BCUT2D eigenvalue weighted by molar-refractivity contribution is 0.100. The fourth-order valence-electron chi connectivity index (χ4n) is 2.88. The van der Waals surface area contributed by atoms with Crippen molar-refractivity contribution in [2.45, 2.75) is 32.2 Å². The van der Waals surface area contributed by atoms with E-state index in [-0.39, 0.29) is 0 Å². The van der Waals surface area contributed by atoms with Gasteiger partial charge in [-0.1, -0.05) is 18.9 Å². The van der Waals surface area contributed by atoms with Crippen LogP contribution in [0.3, 0.4) is 0 Å². The van der Waals surface area contributed by atoms with Gasteiger partial charge in [0.15, 0.2) is 0 Å². The largest absolute Gasteiger partial charge is 0.398 e. The number of carbonyl (C=O) groups is 1. The molecular formula is C15H23N3O. The third-order valence-electron chi connectivity index (χ3n) is 3.92. The minimum Gasteiger partial charge on any atom is -0.398 e. The second-order valence-corrected chi connectivity index (χ2v) is 5.63. The molecule has 0 atom stereocenters. The van der Waals surface area contributed by atoms with Gasteiger partial charge in [-0.3, -0.25) is 4.79 Å². The van der Waals surface area contributed by atoms with Gasteiger partial charge in [0.2, 0.25) is 5.91 Å². The minimum atomic E-state index is -0.433. The van der Waals surface area contributed by atoms with Crippen molar-refractivity contribution in [1.29, 1.82) is 0 Å². The lowest BCUT2D eigenvalue weighted by atomic mass is 10.1. The Hall–Kier alpha value is -1.55. The van der Waals surface area contributed by atoms with E-state index in [9.17, 15) is 4.79 Å². The van der Waals surface area contributed by atoms with E-state index in [1.807, 2.05) is 6.07 Å². The zero-order valence-electron chi connectivity index (χ0n) is 11.6. The van der Waals surface area contributed by atoms with Crippen LogP contribution in [0.5, 0.6) is 0 Å². The number of nitrogen functional groups attached to an aromatic ring is 1. The van der Waals surface area contributed by atoms with Crippen LogP contribution < -0.4 is 11.5 Å². The van der Waals surface area contributed by atoms with E-state index < -0.39 is 5.91 Å². The van der Waals surface area contributed by atoms with E-state index in [0.29, 0.717) is 11.3 Å². The Kier molecular flexibility index (Phi) is 4.43. The van der Waals surface area contributed by atoms with Crippen LogP contribution in [0, 0.1) is 5.92 Å². The van der Waals surface area contributed by atoms with Crippen LogP contribution in [0.4, 0.5) is 5.69 Å². The first kappa shape index (κ1) is 13.9. The SMILES string of the molecule is CN(Cc1ccc(C(N)=O)cc1N)CC1CCCC1. The second-order valence-electron chi connectivity index (χ2n) is 5.63. The summed E-state index contributed by atoms with van der Waals surface area (Å²) >= 11 is 0. The summed E-state index contributed by atoms with van der Waals surface area (Å²) in [4.78, 5) is 13.4. The Morgan fingerprint density at radius 2 is 2.05 bits per heavy atom. The van der Waals surface area contributed by atoms with Crippen LogP contribution in [0.15, 0.2) is 18.2 Å². The molecule has 0 unspecified atom stereocenters. The van der Waals surface area contributed by atoms with Gasteiger partial charge in [0.25, 0.3) is 0 Å². The first-order valence-electron chi connectivity index (χ1n) is 6.93. The van der Waals surface area contributed by atoms with Crippen LogP contribution in [0.25, 0.3) is 0 Å². The van der Waals surface area contributed by atoms with E-state index in [2.05, 4.69) is 11.9 Å². The molecule has 4 N–H and O–H groups in total. The van der Waals surface area contributed by atoms with Crippen molar-refractivity contribution in [3.63, 3.8) is 0 Å². The number of amides is 1. The maximum Gasteiger partial charge on any atom is 0.248 e. The quantitative estimate of drug-likeness (QED) is 0.796. The maximum absolute atomic E-state index is 11.1.